The largest absolute Gasteiger partial charge is 0.573 e. The molecule has 0 aromatic heterocycles. The fraction of sp³-hybridized carbons (Fsp3) is 0.200. The second-order valence-electron chi connectivity index (χ2n) is 4.50. The van der Waals surface area contributed by atoms with Gasteiger partial charge in [-0.1, -0.05) is 29.8 Å². The van der Waals surface area contributed by atoms with Crippen molar-refractivity contribution in [3.05, 3.63) is 59.1 Å². The molecule has 0 saturated carbocycles. The summed E-state index contributed by atoms with van der Waals surface area (Å²) in [6, 6.07) is 12.9. The Morgan fingerprint density at radius 3 is 2.48 bits per heavy atom. The van der Waals surface area contributed by atoms with E-state index in [1.54, 1.807) is 18.2 Å². The topological polar surface area (TPSA) is 21.3 Å². The quantitative estimate of drug-likeness (QED) is 0.814. The van der Waals surface area contributed by atoms with Crippen LogP contribution in [0.2, 0.25) is 5.02 Å². The Balaban J connectivity index is 2.11. The number of benzene rings is 2. The van der Waals surface area contributed by atoms with Gasteiger partial charge in [0.05, 0.1) is 0 Å². The molecule has 2 nitrogen and oxygen atoms in total. The van der Waals surface area contributed by atoms with E-state index in [1.807, 2.05) is 19.1 Å². The molecule has 112 valence electrons. The first-order chi connectivity index (χ1) is 9.83. The fourth-order valence-corrected chi connectivity index (χ4v) is 2.09. The molecule has 0 aliphatic carbocycles. The van der Waals surface area contributed by atoms with E-state index in [2.05, 4.69) is 10.1 Å². The molecule has 6 heteroatoms. The van der Waals surface area contributed by atoms with Crippen LogP contribution in [0.1, 0.15) is 18.5 Å². The summed E-state index contributed by atoms with van der Waals surface area (Å²) in [5.74, 6) is -0.259. The average molecular weight is 316 g/mol. The molecule has 2 rings (SSSR count). The van der Waals surface area contributed by atoms with Gasteiger partial charge in [-0.3, -0.25) is 0 Å². The first-order valence-electron chi connectivity index (χ1n) is 6.21. The number of anilines is 1. The van der Waals surface area contributed by atoms with Crippen molar-refractivity contribution in [2.75, 3.05) is 5.32 Å². The highest BCUT2D eigenvalue weighted by Gasteiger charge is 2.31. The molecular formula is C15H13ClF3NO. The van der Waals surface area contributed by atoms with Gasteiger partial charge in [0.25, 0.3) is 0 Å². The van der Waals surface area contributed by atoms with Gasteiger partial charge in [0.15, 0.2) is 0 Å². The molecule has 1 atom stereocenters. The zero-order chi connectivity index (χ0) is 15.5. The van der Waals surface area contributed by atoms with Gasteiger partial charge in [-0.05, 0) is 36.8 Å². The van der Waals surface area contributed by atoms with Crippen LogP contribution in [-0.2, 0) is 0 Å². The van der Waals surface area contributed by atoms with E-state index in [1.165, 1.54) is 18.2 Å². The highest BCUT2D eigenvalue weighted by molar-refractivity contribution is 6.30. The third-order valence-electron chi connectivity index (χ3n) is 2.80. The van der Waals surface area contributed by atoms with Crippen LogP contribution < -0.4 is 10.1 Å². The van der Waals surface area contributed by atoms with Gasteiger partial charge in [0.2, 0.25) is 0 Å². The molecule has 1 N–H and O–H groups in total. The van der Waals surface area contributed by atoms with Gasteiger partial charge in [0.1, 0.15) is 5.75 Å². The predicted octanol–water partition coefficient (Wildman–Crippen LogP) is 5.41. The van der Waals surface area contributed by atoms with Crippen LogP contribution in [0.15, 0.2) is 48.5 Å². The molecule has 1 unspecified atom stereocenters. The van der Waals surface area contributed by atoms with E-state index >= 15 is 0 Å². The molecule has 0 fully saturated rings. The van der Waals surface area contributed by atoms with Crippen LogP contribution in [0.5, 0.6) is 5.75 Å². The second-order valence-corrected chi connectivity index (χ2v) is 4.93. The van der Waals surface area contributed by atoms with Crippen LogP contribution in [0.4, 0.5) is 18.9 Å². The number of hydrogen-bond donors (Lipinski definition) is 1. The predicted molar refractivity (Wildman–Crippen MR) is 76.6 cm³/mol. The maximum Gasteiger partial charge on any atom is 0.573 e. The van der Waals surface area contributed by atoms with Crippen molar-refractivity contribution < 1.29 is 17.9 Å². The van der Waals surface area contributed by atoms with E-state index in [-0.39, 0.29) is 11.8 Å². The van der Waals surface area contributed by atoms with Crippen LogP contribution in [0.25, 0.3) is 0 Å². The second kappa shape index (κ2) is 6.26. The fourth-order valence-electron chi connectivity index (χ4n) is 1.89. The van der Waals surface area contributed by atoms with E-state index in [0.29, 0.717) is 10.7 Å². The maximum atomic E-state index is 12.2. The molecule has 2 aromatic rings. The van der Waals surface area contributed by atoms with E-state index in [0.717, 1.165) is 5.56 Å². The van der Waals surface area contributed by atoms with Crippen molar-refractivity contribution in [2.45, 2.75) is 19.3 Å². The number of alkyl halides is 3. The molecule has 0 heterocycles. The minimum Gasteiger partial charge on any atom is -0.406 e. The number of hydrogen-bond acceptors (Lipinski definition) is 2. The van der Waals surface area contributed by atoms with Crippen LogP contribution in [0, 0.1) is 0 Å². The summed E-state index contributed by atoms with van der Waals surface area (Å²) < 4.78 is 40.5. The molecule has 0 aliphatic heterocycles. The normalized spacial score (nSPS) is 12.8. The number of ether oxygens (including phenoxy) is 1. The van der Waals surface area contributed by atoms with E-state index < -0.39 is 6.36 Å². The molecule has 0 spiro atoms. The van der Waals surface area contributed by atoms with Crippen molar-refractivity contribution in [1.29, 1.82) is 0 Å². The zero-order valence-corrected chi connectivity index (χ0v) is 11.9. The van der Waals surface area contributed by atoms with Gasteiger partial charge in [-0.2, -0.15) is 0 Å². The molecule has 0 bridgehead atoms. The minimum absolute atomic E-state index is 0.107. The van der Waals surface area contributed by atoms with Gasteiger partial charge in [-0.15, -0.1) is 13.2 Å². The first kappa shape index (κ1) is 15.5. The molecule has 0 radical (unpaired) electrons. The number of halogens is 4. The SMILES string of the molecule is CC(Nc1cccc(OC(F)(F)F)c1)c1cccc(Cl)c1. The summed E-state index contributed by atoms with van der Waals surface area (Å²) in [6.07, 6.45) is -4.70. The Morgan fingerprint density at radius 1 is 1.10 bits per heavy atom. The summed E-state index contributed by atoms with van der Waals surface area (Å²) >= 11 is 5.92. The third-order valence-corrected chi connectivity index (χ3v) is 3.03. The number of rotatable bonds is 4. The van der Waals surface area contributed by atoms with Gasteiger partial charge in [0, 0.05) is 22.8 Å². The minimum atomic E-state index is -4.70. The highest BCUT2D eigenvalue weighted by Crippen LogP contribution is 2.27. The smallest absolute Gasteiger partial charge is 0.406 e. The lowest BCUT2D eigenvalue weighted by Crippen LogP contribution is -2.17. The summed E-state index contributed by atoms with van der Waals surface area (Å²) in [7, 11) is 0. The number of nitrogens with one attached hydrogen (secondary N) is 1. The van der Waals surface area contributed by atoms with Gasteiger partial charge < -0.3 is 10.1 Å². The Kier molecular flexibility index (Phi) is 4.63. The Morgan fingerprint density at radius 2 is 1.81 bits per heavy atom. The summed E-state index contributed by atoms with van der Waals surface area (Å²) in [4.78, 5) is 0. The van der Waals surface area contributed by atoms with Crippen molar-refractivity contribution in [3.8, 4) is 5.75 Å². The van der Waals surface area contributed by atoms with Crippen molar-refractivity contribution in [3.63, 3.8) is 0 Å². The van der Waals surface area contributed by atoms with E-state index in [4.69, 9.17) is 11.6 Å². The maximum absolute atomic E-state index is 12.2. The molecule has 2 aromatic carbocycles. The monoisotopic (exact) mass is 315 g/mol. The molecule has 0 saturated heterocycles. The summed E-state index contributed by atoms with van der Waals surface area (Å²) in [5, 5.41) is 3.71. The Labute approximate surface area is 125 Å². The van der Waals surface area contributed by atoms with Crippen LogP contribution in [-0.4, -0.2) is 6.36 Å². The molecule has 0 aliphatic rings. The zero-order valence-electron chi connectivity index (χ0n) is 11.1. The van der Waals surface area contributed by atoms with Gasteiger partial charge >= 0.3 is 6.36 Å². The standard InChI is InChI=1S/C15H13ClF3NO/c1-10(11-4-2-5-12(16)8-11)20-13-6-3-7-14(9-13)21-15(17,18)19/h2-10,20H,1H3. The highest BCUT2D eigenvalue weighted by atomic mass is 35.5. The summed E-state index contributed by atoms with van der Waals surface area (Å²) in [5.41, 5.74) is 1.47. The molecule has 0 amide bonds. The van der Waals surface area contributed by atoms with Crippen LogP contribution >= 0.6 is 11.6 Å². The lowest BCUT2D eigenvalue weighted by atomic mass is 10.1. The lowest BCUT2D eigenvalue weighted by molar-refractivity contribution is -0.274. The van der Waals surface area contributed by atoms with Crippen molar-refractivity contribution in [2.24, 2.45) is 0 Å². The third kappa shape index (κ3) is 4.86. The lowest BCUT2D eigenvalue weighted by Gasteiger charge is -2.17. The first-order valence-corrected chi connectivity index (χ1v) is 6.59. The van der Waals surface area contributed by atoms with E-state index in [9.17, 15) is 13.2 Å². The van der Waals surface area contributed by atoms with Gasteiger partial charge in [-0.25, -0.2) is 0 Å². The molecular weight excluding hydrogens is 303 g/mol. The average Bonchev–Trinajstić information content (AvgIpc) is 2.37. The van der Waals surface area contributed by atoms with Crippen LogP contribution in [0.3, 0.4) is 0 Å². The molecule has 21 heavy (non-hydrogen) atoms. The van der Waals surface area contributed by atoms with Crippen molar-refractivity contribution >= 4 is 17.3 Å². The Hall–Kier alpha value is -1.88. The summed E-state index contributed by atoms with van der Waals surface area (Å²) in [6.45, 7) is 1.89. The van der Waals surface area contributed by atoms with Crippen molar-refractivity contribution in [1.82, 2.24) is 0 Å². The Bertz CT molecular complexity index is 616.